The number of nitrogens with zero attached hydrogens (tertiary/aromatic N) is 1. The second-order valence-electron chi connectivity index (χ2n) is 5.42. The minimum atomic E-state index is -2.33. The van der Waals surface area contributed by atoms with Gasteiger partial charge in [0.25, 0.3) is 5.91 Å². The number of hydrogen-bond acceptors (Lipinski definition) is 3. The molecule has 4 nitrogen and oxygen atoms in total. The van der Waals surface area contributed by atoms with Crippen molar-refractivity contribution in [2.45, 2.75) is 12.1 Å². The summed E-state index contributed by atoms with van der Waals surface area (Å²) >= 11 is 4.69. The van der Waals surface area contributed by atoms with E-state index < -0.39 is 18.2 Å². The molecule has 1 aliphatic rings. The molecule has 1 fully saturated rings. The van der Waals surface area contributed by atoms with Crippen molar-refractivity contribution in [1.82, 2.24) is 4.90 Å². The van der Waals surface area contributed by atoms with E-state index in [-0.39, 0.29) is 18.9 Å². The number of carbonyl (C=O) groups excluding carboxylic acids is 1. The molecule has 3 rings (SSSR count). The number of carbonyl (C=O) groups is 2. The van der Waals surface area contributed by atoms with E-state index in [4.69, 9.17) is 5.11 Å². The molecule has 2 heterocycles. The maximum Gasteiger partial charge on any atom is 0.343 e. The van der Waals surface area contributed by atoms with E-state index in [1.807, 2.05) is 30.3 Å². The molecular weight excluding hydrogens is 385 g/mol. The molecule has 1 saturated heterocycles. The van der Waals surface area contributed by atoms with E-state index in [1.165, 1.54) is 16.2 Å². The molecule has 23 heavy (non-hydrogen) atoms. The zero-order valence-corrected chi connectivity index (χ0v) is 14.4. The van der Waals surface area contributed by atoms with Crippen molar-refractivity contribution in [1.29, 1.82) is 0 Å². The fourth-order valence-electron chi connectivity index (χ4n) is 2.50. The van der Waals surface area contributed by atoms with Crippen LogP contribution in [0.3, 0.4) is 0 Å². The molecule has 2 aromatic rings. The van der Waals surface area contributed by atoms with E-state index in [0.29, 0.717) is 4.88 Å². The third kappa shape index (κ3) is 3.16. The highest BCUT2D eigenvalue weighted by Gasteiger charge is 2.47. The standard InChI is InChI=1S/C16H13BrFNO3S/c17-11-3-1-10(2-4-11)12-5-6-13(23-12)14(20)19-8-7-16(18,9-19)15(21)22/h1-6H,7-9H2,(H,21,22). The minimum Gasteiger partial charge on any atom is -0.479 e. The molecule has 0 bridgehead atoms. The van der Waals surface area contributed by atoms with E-state index in [1.54, 1.807) is 6.07 Å². The molecule has 0 aliphatic carbocycles. The van der Waals surface area contributed by atoms with Crippen LogP contribution in [0.4, 0.5) is 4.39 Å². The van der Waals surface area contributed by atoms with Crippen molar-refractivity contribution >= 4 is 39.1 Å². The number of amides is 1. The Morgan fingerprint density at radius 2 is 1.91 bits per heavy atom. The average molecular weight is 398 g/mol. The van der Waals surface area contributed by atoms with Crippen LogP contribution in [0.1, 0.15) is 16.1 Å². The molecule has 0 spiro atoms. The summed E-state index contributed by atoms with van der Waals surface area (Å²) in [6, 6.07) is 11.3. The first-order valence-electron chi connectivity index (χ1n) is 6.96. The van der Waals surface area contributed by atoms with Crippen LogP contribution in [0.5, 0.6) is 0 Å². The summed E-state index contributed by atoms with van der Waals surface area (Å²) < 4.78 is 15.0. The number of rotatable bonds is 3. The van der Waals surface area contributed by atoms with E-state index in [9.17, 15) is 14.0 Å². The molecule has 0 radical (unpaired) electrons. The zero-order valence-electron chi connectivity index (χ0n) is 12.0. The summed E-state index contributed by atoms with van der Waals surface area (Å²) in [6.45, 7) is -0.278. The summed E-state index contributed by atoms with van der Waals surface area (Å²) in [6.07, 6.45) is -0.168. The van der Waals surface area contributed by atoms with Gasteiger partial charge in [0.05, 0.1) is 11.4 Å². The summed E-state index contributed by atoms with van der Waals surface area (Å²) in [5.74, 6) is -1.83. The molecule has 7 heteroatoms. The van der Waals surface area contributed by atoms with Crippen molar-refractivity contribution in [2.24, 2.45) is 0 Å². The second-order valence-corrected chi connectivity index (χ2v) is 7.42. The quantitative estimate of drug-likeness (QED) is 0.856. The monoisotopic (exact) mass is 397 g/mol. The Balaban J connectivity index is 1.77. The van der Waals surface area contributed by atoms with Gasteiger partial charge < -0.3 is 10.0 Å². The SMILES string of the molecule is O=C(c1ccc(-c2ccc(Br)cc2)s1)N1CCC(F)(C(=O)O)C1. The number of alkyl halides is 1. The maximum absolute atomic E-state index is 14.1. The van der Waals surface area contributed by atoms with Gasteiger partial charge in [-0.05, 0) is 29.8 Å². The van der Waals surface area contributed by atoms with Gasteiger partial charge in [-0.15, -0.1) is 11.3 Å². The van der Waals surface area contributed by atoms with Gasteiger partial charge in [0.2, 0.25) is 5.67 Å². The Bertz CT molecular complexity index is 761. The fraction of sp³-hybridized carbons (Fsp3) is 0.250. The number of carboxylic acids is 1. The third-order valence-corrected chi connectivity index (χ3v) is 5.49. The lowest BCUT2D eigenvalue weighted by atomic mass is 10.1. The number of benzene rings is 1. The van der Waals surface area contributed by atoms with Crippen LogP contribution in [0, 0.1) is 0 Å². The van der Waals surface area contributed by atoms with Crippen molar-refractivity contribution in [3.8, 4) is 10.4 Å². The van der Waals surface area contributed by atoms with Crippen LogP contribution in [0.15, 0.2) is 40.9 Å². The zero-order chi connectivity index (χ0) is 16.6. The van der Waals surface area contributed by atoms with Crippen LogP contribution in [0.2, 0.25) is 0 Å². The summed E-state index contributed by atoms with van der Waals surface area (Å²) in [5, 5.41) is 8.90. The van der Waals surface area contributed by atoms with Crippen LogP contribution >= 0.6 is 27.3 Å². The first-order chi connectivity index (χ1) is 10.9. The highest BCUT2D eigenvalue weighted by molar-refractivity contribution is 9.10. The summed E-state index contributed by atoms with van der Waals surface area (Å²) in [7, 11) is 0. The number of aliphatic carboxylic acids is 1. The summed E-state index contributed by atoms with van der Waals surface area (Å²) in [4.78, 5) is 26.0. The Morgan fingerprint density at radius 3 is 2.52 bits per heavy atom. The van der Waals surface area contributed by atoms with Gasteiger partial charge in [-0.1, -0.05) is 28.1 Å². The largest absolute Gasteiger partial charge is 0.479 e. The molecule has 1 aliphatic heterocycles. The second kappa shape index (κ2) is 6.05. The van der Waals surface area contributed by atoms with Crippen LogP contribution < -0.4 is 0 Å². The average Bonchev–Trinajstić information content (AvgIpc) is 3.15. The van der Waals surface area contributed by atoms with Crippen molar-refractivity contribution in [2.75, 3.05) is 13.1 Å². The first kappa shape index (κ1) is 16.1. The van der Waals surface area contributed by atoms with Crippen LogP contribution in [0.25, 0.3) is 10.4 Å². The topological polar surface area (TPSA) is 57.6 Å². The Hall–Kier alpha value is -1.73. The molecule has 0 saturated carbocycles. The number of thiophene rings is 1. The molecule has 1 amide bonds. The molecule has 1 N–H and O–H groups in total. The van der Waals surface area contributed by atoms with Gasteiger partial charge in [0.1, 0.15) is 0 Å². The first-order valence-corrected chi connectivity index (χ1v) is 8.57. The van der Waals surface area contributed by atoms with Gasteiger partial charge >= 0.3 is 5.97 Å². The highest BCUT2D eigenvalue weighted by atomic mass is 79.9. The van der Waals surface area contributed by atoms with Crippen molar-refractivity contribution in [3.05, 3.63) is 45.7 Å². The predicted octanol–water partition coefficient (Wildman–Crippen LogP) is 3.82. The Morgan fingerprint density at radius 1 is 1.22 bits per heavy atom. The molecule has 1 aromatic carbocycles. The van der Waals surface area contributed by atoms with E-state index in [2.05, 4.69) is 15.9 Å². The molecule has 1 atom stereocenters. The van der Waals surface area contributed by atoms with Gasteiger partial charge in [0.15, 0.2) is 0 Å². The normalized spacial score (nSPS) is 20.7. The Labute approximate surface area is 144 Å². The number of halogens is 2. The smallest absolute Gasteiger partial charge is 0.343 e. The number of hydrogen-bond donors (Lipinski definition) is 1. The molecule has 1 unspecified atom stereocenters. The van der Waals surface area contributed by atoms with E-state index >= 15 is 0 Å². The summed E-state index contributed by atoms with van der Waals surface area (Å²) in [5.41, 5.74) is -1.34. The highest BCUT2D eigenvalue weighted by Crippen LogP contribution is 2.32. The van der Waals surface area contributed by atoms with Gasteiger partial charge in [-0.25, -0.2) is 9.18 Å². The number of likely N-dealkylation sites (tertiary alicyclic amines) is 1. The maximum atomic E-state index is 14.1. The van der Waals surface area contributed by atoms with Crippen LogP contribution in [-0.4, -0.2) is 40.6 Å². The minimum absolute atomic E-state index is 0.118. The molecular formula is C16H13BrFNO3S. The van der Waals surface area contributed by atoms with Gasteiger partial charge in [0, 0.05) is 22.3 Å². The van der Waals surface area contributed by atoms with Gasteiger partial charge in [-0.3, -0.25) is 4.79 Å². The molecule has 120 valence electrons. The fourth-order valence-corrected chi connectivity index (χ4v) is 3.74. The predicted molar refractivity (Wildman–Crippen MR) is 89.5 cm³/mol. The van der Waals surface area contributed by atoms with Crippen molar-refractivity contribution in [3.63, 3.8) is 0 Å². The molecule has 1 aromatic heterocycles. The lowest BCUT2D eigenvalue weighted by molar-refractivity contribution is -0.149. The van der Waals surface area contributed by atoms with Gasteiger partial charge in [-0.2, -0.15) is 0 Å². The van der Waals surface area contributed by atoms with Crippen LogP contribution in [-0.2, 0) is 4.79 Å². The lowest BCUT2D eigenvalue weighted by Gasteiger charge is -2.16. The number of carboxylic acid groups (broad SMARTS) is 1. The van der Waals surface area contributed by atoms with Crippen molar-refractivity contribution < 1.29 is 19.1 Å². The third-order valence-electron chi connectivity index (χ3n) is 3.84. The Kier molecular flexibility index (Phi) is 4.25. The lowest BCUT2D eigenvalue weighted by Crippen LogP contribution is -2.38. The van der Waals surface area contributed by atoms with E-state index in [0.717, 1.165) is 14.9 Å².